The number of nitrogens with zero attached hydrogens (tertiary/aromatic N) is 2. The molecule has 0 aliphatic heterocycles. The van der Waals surface area contributed by atoms with E-state index in [1.54, 1.807) is 7.11 Å². The second-order valence-electron chi connectivity index (χ2n) is 5.37. The van der Waals surface area contributed by atoms with Gasteiger partial charge in [-0.2, -0.15) is 4.98 Å². The average Bonchev–Trinajstić information content (AvgIpc) is 2.77. The fraction of sp³-hybridized carbons (Fsp3) is 0.857. The minimum absolute atomic E-state index is 0.327. The van der Waals surface area contributed by atoms with E-state index in [-0.39, 0.29) is 5.60 Å². The maximum atomic E-state index is 5.78. The van der Waals surface area contributed by atoms with Crippen molar-refractivity contribution in [2.45, 2.75) is 63.4 Å². The SMILES string of the molecule is COC1(c2noc(CCCCN)n2)CCCCCC1. The molecule has 2 rings (SSSR count). The molecule has 1 aromatic rings. The highest BCUT2D eigenvalue weighted by molar-refractivity contribution is 5.02. The van der Waals surface area contributed by atoms with Gasteiger partial charge in [0.05, 0.1) is 0 Å². The summed E-state index contributed by atoms with van der Waals surface area (Å²) in [4.78, 5) is 4.55. The molecule has 1 aliphatic carbocycles. The van der Waals surface area contributed by atoms with Crippen LogP contribution in [0.4, 0.5) is 0 Å². The Morgan fingerprint density at radius 3 is 2.58 bits per heavy atom. The smallest absolute Gasteiger partial charge is 0.226 e. The van der Waals surface area contributed by atoms with E-state index in [2.05, 4.69) is 10.1 Å². The minimum Gasteiger partial charge on any atom is -0.370 e. The van der Waals surface area contributed by atoms with Crippen LogP contribution in [0, 0.1) is 0 Å². The number of rotatable bonds is 6. The van der Waals surface area contributed by atoms with Crippen LogP contribution in [0.3, 0.4) is 0 Å². The Labute approximate surface area is 114 Å². The number of aryl methyl sites for hydroxylation is 1. The molecular weight excluding hydrogens is 242 g/mol. The molecule has 5 nitrogen and oxygen atoms in total. The molecule has 1 aromatic heterocycles. The highest BCUT2D eigenvalue weighted by Gasteiger charge is 2.37. The Balaban J connectivity index is 2.05. The molecule has 0 aromatic carbocycles. The molecule has 0 radical (unpaired) electrons. The van der Waals surface area contributed by atoms with Gasteiger partial charge in [-0.05, 0) is 32.2 Å². The number of aromatic nitrogens is 2. The summed E-state index contributed by atoms with van der Waals surface area (Å²) in [5, 5.41) is 4.16. The number of ether oxygens (including phenoxy) is 1. The largest absolute Gasteiger partial charge is 0.370 e. The van der Waals surface area contributed by atoms with Crippen LogP contribution in [-0.2, 0) is 16.8 Å². The standard InChI is InChI=1S/C14H25N3O2/c1-18-14(9-5-2-3-6-10-14)13-16-12(19-17-13)8-4-7-11-15/h2-11,15H2,1H3. The Morgan fingerprint density at radius 1 is 1.21 bits per heavy atom. The van der Waals surface area contributed by atoms with Gasteiger partial charge in [-0.1, -0.05) is 30.8 Å². The van der Waals surface area contributed by atoms with Crippen LogP contribution in [0.2, 0.25) is 0 Å². The fourth-order valence-corrected chi connectivity index (χ4v) is 2.78. The summed E-state index contributed by atoms with van der Waals surface area (Å²) in [5.74, 6) is 1.45. The molecule has 1 aliphatic rings. The van der Waals surface area contributed by atoms with Crippen molar-refractivity contribution in [2.24, 2.45) is 5.73 Å². The van der Waals surface area contributed by atoms with Crippen molar-refractivity contribution < 1.29 is 9.26 Å². The van der Waals surface area contributed by atoms with E-state index in [1.165, 1.54) is 25.7 Å². The predicted molar refractivity (Wildman–Crippen MR) is 72.7 cm³/mol. The summed E-state index contributed by atoms with van der Waals surface area (Å²) >= 11 is 0. The van der Waals surface area contributed by atoms with Crippen LogP contribution < -0.4 is 5.73 Å². The van der Waals surface area contributed by atoms with Crippen molar-refractivity contribution in [3.8, 4) is 0 Å². The molecule has 0 amide bonds. The third kappa shape index (κ3) is 3.54. The Kier molecular flexibility index (Phi) is 5.34. The van der Waals surface area contributed by atoms with Gasteiger partial charge < -0.3 is 15.0 Å². The first kappa shape index (κ1) is 14.5. The van der Waals surface area contributed by atoms with E-state index in [4.69, 9.17) is 15.0 Å². The van der Waals surface area contributed by atoms with E-state index in [9.17, 15) is 0 Å². The van der Waals surface area contributed by atoms with Crippen LogP contribution in [0.5, 0.6) is 0 Å². The van der Waals surface area contributed by atoms with Crippen molar-refractivity contribution in [3.63, 3.8) is 0 Å². The monoisotopic (exact) mass is 267 g/mol. The number of nitrogens with two attached hydrogens (primary N) is 1. The molecule has 0 unspecified atom stereocenters. The molecule has 108 valence electrons. The zero-order valence-electron chi connectivity index (χ0n) is 11.9. The Hall–Kier alpha value is -0.940. The van der Waals surface area contributed by atoms with Gasteiger partial charge in [0.1, 0.15) is 5.60 Å². The van der Waals surface area contributed by atoms with Gasteiger partial charge in [-0.3, -0.25) is 0 Å². The van der Waals surface area contributed by atoms with Crippen LogP contribution in [0.1, 0.15) is 63.1 Å². The van der Waals surface area contributed by atoms with Gasteiger partial charge in [0.15, 0.2) is 0 Å². The summed E-state index contributed by atoms with van der Waals surface area (Å²) in [7, 11) is 1.76. The molecule has 19 heavy (non-hydrogen) atoms. The lowest BCUT2D eigenvalue weighted by Gasteiger charge is -2.27. The molecule has 1 heterocycles. The maximum Gasteiger partial charge on any atom is 0.226 e. The van der Waals surface area contributed by atoms with Crippen LogP contribution in [0.15, 0.2) is 4.52 Å². The second kappa shape index (κ2) is 7.01. The summed E-state index contributed by atoms with van der Waals surface area (Å²) in [5.41, 5.74) is 5.16. The molecule has 0 atom stereocenters. The number of methoxy groups -OCH3 is 1. The van der Waals surface area contributed by atoms with Gasteiger partial charge in [-0.25, -0.2) is 0 Å². The van der Waals surface area contributed by atoms with Crippen molar-refractivity contribution >= 4 is 0 Å². The molecular formula is C14H25N3O2. The maximum absolute atomic E-state index is 5.78. The van der Waals surface area contributed by atoms with Crippen molar-refractivity contribution in [2.75, 3.05) is 13.7 Å². The molecule has 0 spiro atoms. The van der Waals surface area contributed by atoms with E-state index in [1.807, 2.05) is 0 Å². The van der Waals surface area contributed by atoms with Gasteiger partial charge in [0.25, 0.3) is 0 Å². The highest BCUT2D eigenvalue weighted by atomic mass is 16.5. The third-order valence-electron chi connectivity index (χ3n) is 4.02. The van der Waals surface area contributed by atoms with Gasteiger partial charge in [-0.15, -0.1) is 0 Å². The van der Waals surface area contributed by atoms with Gasteiger partial charge in [0.2, 0.25) is 11.7 Å². The van der Waals surface area contributed by atoms with E-state index in [0.29, 0.717) is 12.4 Å². The Bertz CT molecular complexity index is 371. The normalized spacial score (nSPS) is 19.3. The summed E-state index contributed by atoms with van der Waals surface area (Å²) in [6.07, 6.45) is 9.67. The lowest BCUT2D eigenvalue weighted by atomic mass is 9.93. The molecule has 5 heteroatoms. The van der Waals surface area contributed by atoms with Crippen LogP contribution in [-0.4, -0.2) is 23.8 Å². The number of hydrogen-bond acceptors (Lipinski definition) is 5. The minimum atomic E-state index is -0.327. The fourth-order valence-electron chi connectivity index (χ4n) is 2.78. The summed E-state index contributed by atoms with van der Waals surface area (Å²) in [6.45, 7) is 0.711. The Morgan fingerprint density at radius 2 is 1.95 bits per heavy atom. The van der Waals surface area contributed by atoms with Crippen LogP contribution in [0.25, 0.3) is 0 Å². The average molecular weight is 267 g/mol. The van der Waals surface area contributed by atoms with Crippen molar-refractivity contribution in [1.82, 2.24) is 10.1 Å². The summed E-state index contributed by atoms with van der Waals surface area (Å²) < 4.78 is 11.1. The number of unbranched alkanes of at least 4 members (excludes halogenated alkanes) is 1. The lowest BCUT2D eigenvalue weighted by Crippen LogP contribution is -2.29. The molecule has 0 saturated heterocycles. The van der Waals surface area contributed by atoms with Crippen molar-refractivity contribution in [3.05, 3.63) is 11.7 Å². The topological polar surface area (TPSA) is 74.2 Å². The second-order valence-corrected chi connectivity index (χ2v) is 5.37. The lowest BCUT2D eigenvalue weighted by molar-refractivity contribution is -0.0365. The quantitative estimate of drug-likeness (QED) is 0.633. The highest BCUT2D eigenvalue weighted by Crippen LogP contribution is 2.37. The molecule has 1 saturated carbocycles. The first-order chi connectivity index (χ1) is 9.30. The first-order valence-electron chi connectivity index (χ1n) is 7.39. The number of hydrogen-bond donors (Lipinski definition) is 1. The van der Waals surface area contributed by atoms with Crippen LogP contribution >= 0.6 is 0 Å². The molecule has 2 N–H and O–H groups in total. The predicted octanol–water partition coefficient (Wildman–Crippen LogP) is 2.55. The zero-order valence-corrected chi connectivity index (χ0v) is 11.9. The van der Waals surface area contributed by atoms with Gasteiger partial charge in [0, 0.05) is 13.5 Å². The summed E-state index contributed by atoms with van der Waals surface area (Å²) in [6, 6.07) is 0. The third-order valence-corrected chi connectivity index (χ3v) is 4.02. The molecule has 0 bridgehead atoms. The molecule has 1 fully saturated rings. The zero-order chi connectivity index (χ0) is 13.6. The van der Waals surface area contributed by atoms with E-state index < -0.39 is 0 Å². The van der Waals surface area contributed by atoms with E-state index in [0.717, 1.165) is 37.9 Å². The van der Waals surface area contributed by atoms with Gasteiger partial charge >= 0.3 is 0 Å². The first-order valence-corrected chi connectivity index (χ1v) is 7.39. The van der Waals surface area contributed by atoms with Crippen molar-refractivity contribution in [1.29, 1.82) is 0 Å². The van der Waals surface area contributed by atoms with E-state index >= 15 is 0 Å².